The van der Waals surface area contributed by atoms with Gasteiger partial charge in [0, 0.05) is 25.9 Å². The number of alkyl halides is 1. The SMILES string of the molecule is CNC(=O)c1cc(Oc2ccc(CNC(=O)Nc3cc(CF)ccc3C(=O)OC)cc2)ccn1. The summed E-state index contributed by atoms with van der Waals surface area (Å²) >= 11 is 0. The van der Waals surface area contributed by atoms with E-state index < -0.39 is 18.7 Å². The molecule has 1 aromatic heterocycles. The van der Waals surface area contributed by atoms with Gasteiger partial charge in [-0.25, -0.2) is 14.0 Å². The van der Waals surface area contributed by atoms with Crippen LogP contribution in [-0.4, -0.2) is 37.0 Å². The van der Waals surface area contributed by atoms with Crippen LogP contribution in [0.25, 0.3) is 0 Å². The van der Waals surface area contributed by atoms with Crippen LogP contribution in [0.4, 0.5) is 14.9 Å². The average Bonchev–Trinajstić information content (AvgIpc) is 2.87. The van der Waals surface area contributed by atoms with E-state index in [-0.39, 0.29) is 29.4 Å². The number of aromatic nitrogens is 1. The van der Waals surface area contributed by atoms with Crippen molar-refractivity contribution in [1.29, 1.82) is 0 Å². The Balaban J connectivity index is 1.59. The van der Waals surface area contributed by atoms with Crippen molar-refractivity contribution < 1.29 is 28.2 Å². The number of rotatable bonds is 8. The quantitative estimate of drug-likeness (QED) is 0.435. The lowest BCUT2D eigenvalue weighted by molar-refractivity contribution is 0.0601. The van der Waals surface area contributed by atoms with E-state index in [4.69, 9.17) is 9.47 Å². The van der Waals surface area contributed by atoms with E-state index in [1.165, 1.54) is 44.6 Å². The number of hydrogen-bond donors (Lipinski definition) is 3. The van der Waals surface area contributed by atoms with Crippen molar-refractivity contribution in [2.45, 2.75) is 13.2 Å². The predicted octanol–water partition coefficient (Wildman–Crippen LogP) is 3.81. The number of esters is 1. The van der Waals surface area contributed by atoms with Crippen molar-refractivity contribution in [2.75, 3.05) is 19.5 Å². The van der Waals surface area contributed by atoms with E-state index in [0.29, 0.717) is 17.1 Å². The third kappa shape index (κ3) is 6.28. The summed E-state index contributed by atoms with van der Waals surface area (Å²) in [6.07, 6.45) is 1.48. The zero-order valence-corrected chi connectivity index (χ0v) is 18.6. The van der Waals surface area contributed by atoms with Gasteiger partial charge in [0.15, 0.2) is 0 Å². The Hall–Kier alpha value is -4.47. The lowest BCUT2D eigenvalue weighted by Crippen LogP contribution is -2.29. The molecular weight excluding hydrogens is 443 g/mol. The number of pyridine rings is 1. The van der Waals surface area contributed by atoms with Gasteiger partial charge >= 0.3 is 12.0 Å². The molecule has 9 nitrogen and oxygen atoms in total. The van der Waals surface area contributed by atoms with Crippen LogP contribution >= 0.6 is 0 Å². The molecule has 3 aromatic rings. The van der Waals surface area contributed by atoms with Crippen LogP contribution in [0.3, 0.4) is 0 Å². The van der Waals surface area contributed by atoms with Gasteiger partial charge in [-0.1, -0.05) is 18.2 Å². The number of anilines is 1. The maximum Gasteiger partial charge on any atom is 0.339 e. The fraction of sp³-hybridized carbons (Fsp3) is 0.167. The van der Waals surface area contributed by atoms with Gasteiger partial charge in [0.25, 0.3) is 5.91 Å². The monoisotopic (exact) mass is 466 g/mol. The van der Waals surface area contributed by atoms with E-state index in [9.17, 15) is 18.8 Å². The lowest BCUT2D eigenvalue weighted by atomic mass is 10.1. The molecule has 0 spiro atoms. The largest absolute Gasteiger partial charge is 0.465 e. The molecule has 3 amide bonds. The van der Waals surface area contributed by atoms with E-state index >= 15 is 0 Å². The standard InChI is InChI=1S/C24H23FN4O5/c1-26-22(30)21-12-18(9-10-27-21)34-17-6-3-15(4-7-17)14-28-24(32)29-20-11-16(13-25)5-8-19(20)23(31)33-2/h3-12H,13-14H2,1-2H3,(H,26,30)(H2,28,29,32). The molecular formula is C24H23FN4O5. The molecule has 3 N–H and O–H groups in total. The first kappa shape index (κ1) is 24.2. The van der Waals surface area contributed by atoms with E-state index in [1.807, 2.05) is 0 Å². The first-order valence-electron chi connectivity index (χ1n) is 10.2. The molecule has 0 saturated carbocycles. The molecule has 1 heterocycles. The van der Waals surface area contributed by atoms with Crippen LogP contribution in [0, 0.1) is 0 Å². The molecule has 0 aliphatic carbocycles. The highest BCUT2D eigenvalue weighted by Crippen LogP contribution is 2.22. The van der Waals surface area contributed by atoms with E-state index in [0.717, 1.165) is 5.56 Å². The second-order valence-corrected chi connectivity index (χ2v) is 7.01. The summed E-state index contributed by atoms with van der Waals surface area (Å²) < 4.78 is 23.4. The van der Waals surface area contributed by atoms with Gasteiger partial charge in [-0.05, 0) is 41.5 Å². The van der Waals surface area contributed by atoms with Crippen LogP contribution in [-0.2, 0) is 18.0 Å². The van der Waals surface area contributed by atoms with Gasteiger partial charge in [0.2, 0.25) is 0 Å². The summed E-state index contributed by atoms with van der Waals surface area (Å²) in [6, 6.07) is 13.8. The minimum atomic E-state index is -0.737. The number of hydrogen-bond acceptors (Lipinski definition) is 6. The Bertz CT molecular complexity index is 1180. The highest BCUT2D eigenvalue weighted by atomic mass is 19.1. The number of urea groups is 1. The van der Waals surface area contributed by atoms with Crippen LogP contribution < -0.4 is 20.7 Å². The number of amides is 3. The summed E-state index contributed by atoms with van der Waals surface area (Å²) in [6.45, 7) is -0.544. The Labute approximate surface area is 195 Å². The highest BCUT2D eigenvalue weighted by molar-refractivity contribution is 6.01. The summed E-state index contributed by atoms with van der Waals surface area (Å²) in [5, 5.41) is 7.73. The van der Waals surface area contributed by atoms with Crippen LogP contribution in [0.2, 0.25) is 0 Å². The highest BCUT2D eigenvalue weighted by Gasteiger charge is 2.15. The number of nitrogens with zero attached hydrogens (tertiary/aromatic N) is 1. The summed E-state index contributed by atoms with van der Waals surface area (Å²) in [5.41, 5.74) is 1.60. The second-order valence-electron chi connectivity index (χ2n) is 7.01. The number of ether oxygens (including phenoxy) is 2. The zero-order chi connectivity index (χ0) is 24.5. The maximum absolute atomic E-state index is 13.0. The molecule has 2 aromatic carbocycles. The van der Waals surface area contributed by atoms with Crippen LogP contribution in [0.15, 0.2) is 60.8 Å². The molecule has 0 saturated heterocycles. The van der Waals surface area contributed by atoms with Crippen molar-refractivity contribution in [3.05, 3.63) is 83.2 Å². The molecule has 0 fully saturated rings. The molecule has 176 valence electrons. The minimum absolute atomic E-state index is 0.118. The van der Waals surface area contributed by atoms with Gasteiger partial charge in [-0.15, -0.1) is 0 Å². The van der Waals surface area contributed by atoms with Crippen molar-refractivity contribution in [2.24, 2.45) is 0 Å². The smallest absolute Gasteiger partial charge is 0.339 e. The third-order valence-corrected chi connectivity index (χ3v) is 4.70. The Kier molecular flexibility index (Phi) is 8.11. The first-order chi connectivity index (χ1) is 16.4. The number of carbonyl (C=O) groups excluding carboxylic acids is 3. The summed E-state index contributed by atoms with van der Waals surface area (Å²) in [5.74, 6) is 0.0250. The minimum Gasteiger partial charge on any atom is -0.465 e. The third-order valence-electron chi connectivity index (χ3n) is 4.70. The Morgan fingerprint density at radius 1 is 0.971 bits per heavy atom. The molecule has 0 aliphatic heterocycles. The molecule has 34 heavy (non-hydrogen) atoms. The molecule has 0 unspecified atom stereocenters. The normalized spacial score (nSPS) is 10.2. The van der Waals surface area contributed by atoms with Crippen molar-refractivity contribution in [3.63, 3.8) is 0 Å². The number of benzene rings is 2. The van der Waals surface area contributed by atoms with Gasteiger partial charge < -0.3 is 25.4 Å². The Morgan fingerprint density at radius 3 is 2.38 bits per heavy atom. The van der Waals surface area contributed by atoms with Gasteiger partial charge in [0.1, 0.15) is 23.9 Å². The number of methoxy groups -OCH3 is 1. The summed E-state index contributed by atoms with van der Waals surface area (Å²) in [4.78, 5) is 39.9. The van der Waals surface area contributed by atoms with Gasteiger partial charge in [-0.2, -0.15) is 0 Å². The molecule has 3 rings (SSSR count). The number of carbonyl (C=O) groups is 3. The number of halogens is 1. The van der Waals surface area contributed by atoms with Crippen molar-refractivity contribution in [1.82, 2.24) is 15.6 Å². The van der Waals surface area contributed by atoms with Gasteiger partial charge in [0.05, 0.1) is 18.4 Å². The average molecular weight is 466 g/mol. The molecule has 10 heteroatoms. The zero-order valence-electron chi connectivity index (χ0n) is 18.6. The number of nitrogens with one attached hydrogen (secondary N) is 3. The lowest BCUT2D eigenvalue weighted by Gasteiger charge is -2.12. The summed E-state index contributed by atoms with van der Waals surface area (Å²) in [7, 11) is 2.74. The maximum atomic E-state index is 13.0. The molecule has 0 atom stereocenters. The Morgan fingerprint density at radius 2 is 1.71 bits per heavy atom. The molecule has 0 aliphatic rings. The van der Waals surface area contributed by atoms with E-state index in [1.54, 1.807) is 30.3 Å². The predicted molar refractivity (Wildman–Crippen MR) is 123 cm³/mol. The van der Waals surface area contributed by atoms with Crippen LogP contribution in [0.1, 0.15) is 32.0 Å². The first-order valence-corrected chi connectivity index (χ1v) is 10.2. The van der Waals surface area contributed by atoms with Gasteiger partial charge in [-0.3, -0.25) is 9.78 Å². The fourth-order valence-electron chi connectivity index (χ4n) is 2.95. The van der Waals surface area contributed by atoms with Crippen LogP contribution in [0.5, 0.6) is 11.5 Å². The molecule has 0 bridgehead atoms. The molecule has 0 radical (unpaired) electrons. The van der Waals surface area contributed by atoms with E-state index in [2.05, 4.69) is 20.9 Å². The van der Waals surface area contributed by atoms with Crippen molar-refractivity contribution >= 4 is 23.6 Å². The van der Waals surface area contributed by atoms with Crippen molar-refractivity contribution in [3.8, 4) is 11.5 Å². The second kappa shape index (κ2) is 11.4. The topological polar surface area (TPSA) is 119 Å². The fourth-order valence-corrected chi connectivity index (χ4v) is 2.95.